The molecule has 0 aromatic carbocycles. The van der Waals surface area contributed by atoms with Crippen LogP contribution in [0.2, 0.25) is 0 Å². The summed E-state index contributed by atoms with van der Waals surface area (Å²) in [5.41, 5.74) is 1.21. The van der Waals surface area contributed by atoms with Crippen molar-refractivity contribution >= 4 is 0 Å². The molecule has 0 bridgehead atoms. The maximum atomic E-state index is 11.3. The highest BCUT2D eigenvalue weighted by atomic mass is 16.3. The molecule has 9 atom stereocenters. The molecule has 30 heavy (non-hydrogen) atoms. The Hall–Kier alpha value is -0.640. The first-order valence-corrected chi connectivity index (χ1v) is 12.6. The lowest BCUT2D eigenvalue weighted by atomic mass is 9.46. The number of hydrogen-bond acceptors (Lipinski definition) is 3. The Bertz CT molecular complexity index is 682. The highest BCUT2D eigenvalue weighted by Crippen LogP contribution is 2.67. The molecule has 4 rings (SSSR count). The van der Waals surface area contributed by atoms with Crippen molar-refractivity contribution in [2.75, 3.05) is 6.61 Å². The van der Waals surface area contributed by atoms with Crippen molar-refractivity contribution in [1.29, 1.82) is 0 Å². The van der Waals surface area contributed by atoms with Gasteiger partial charge in [0.05, 0.1) is 18.8 Å². The summed E-state index contributed by atoms with van der Waals surface area (Å²) in [6, 6.07) is 0. The molecule has 3 saturated carbocycles. The molecule has 0 amide bonds. The molecule has 0 radical (unpaired) electrons. The number of hydrogen-bond donors (Lipinski definition) is 3. The summed E-state index contributed by atoms with van der Waals surface area (Å²) >= 11 is 0. The van der Waals surface area contributed by atoms with Gasteiger partial charge in [-0.25, -0.2) is 0 Å². The van der Waals surface area contributed by atoms with Gasteiger partial charge in [-0.1, -0.05) is 51.5 Å². The molecule has 4 aliphatic carbocycles. The molecule has 0 aromatic rings. The second-order valence-electron chi connectivity index (χ2n) is 11.8. The van der Waals surface area contributed by atoms with Crippen molar-refractivity contribution in [3.05, 3.63) is 23.8 Å². The van der Waals surface area contributed by atoms with E-state index in [0.29, 0.717) is 36.0 Å². The zero-order valence-electron chi connectivity index (χ0n) is 19.6. The van der Waals surface area contributed by atoms with E-state index in [1.165, 1.54) is 19.3 Å². The van der Waals surface area contributed by atoms with Crippen molar-refractivity contribution in [1.82, 2.24) is 0 Å². The third-order valence-corrected chi connectivity index (χ3v) is 9.86. The Morgan fingerprint density at radius 2 is 1.83 bits per heavy atom. The van der Waals surface area contributed by atoms with Gasteiger partial charge in [0.1, 0.15) is 0 Å². The van der Waals surface area contributed by atoms with Gasteiger partial charge < -0.3 is 15.3 Å². The molecule has 0 heterocycles. The van der Waals surface area contributed by atoms with Crippen LogP contribution in [-0.4, -0.2) is 34.1 Å². The lowest BCUT2D eigenvalue weighted by molar-refractivity contribution is -0.112. The molecule has 3 heteroatoms. The van der Waals surface area contributed by atoms with E-state index in [4.69, 9.17) is 0 Å². The number of fused-ring (bicyclic) bond motifs is 5. The van der Waals surface area contributed by atoms with Gasteiger partial charge in [-0.05, 0) is 92.3 Å². The summed E-state index contributed by atoms with van der Waals surface area (Å²) in [6.45, 7) is 9.61. The minimum Gasteiger partial charge on any atom is -0.395 e. The summed E-state index contributed by atoms with van der Waals surface area (Å²) in [4.78, 5) is 0. The average Bonchev–Trinajstić information content (AvgIpc) is 3.04. The Balaban J connectivity index is 1.60. The standard InChI is InChI=1S/C27H44O3/c1-17(2)6-5-7-18(3)21-8-9-22-25-23(11-12-26(21,22)4)27(16-28)13-10-20(29)14-19(27)15-24(25)30/h5,7,15,17-18,20-25,28-30H,6,8-14,16H2,1-4H3/b7-5-/t18-,20+,21-,22+,23+,24+,25+,26-,27-/m1/s1. The van der Waals surface area contributed by atoms with Crippen LogP contribution in [-0.2, 0) is 0 Å². The summed E-state index contributed by atoms with van der Waals surface area (Å²) in [7, 11) is 0. The van der Waals surface area contributed by atoms with Crippen LogP contribution in [0.5, 0.6) is 0 Å². The molecule has 170 valence electrons. The minimum atomic E-state index is -0.426. The summed E-state index contributed by atoms with van der Waals surface area (Å²) in [6.07, 6.45) is 14.3. The Kier molecular flexibility index (Phi) is 6.29. The van der Waals surface area contributed by atoms with E-state index in [1.54, 1.807) is 0 Å². The fourth-order valence-corrected chi connectivity index (χ4v) is 8.34. The first-order chi connectivity index (χ1) is 14.2. The van der Waals surface area contributed by atoms with Crippen molar-refractivity contribution in [3.8, 4) is 0 Å². The Labute approximate surface area is 183 Å². The molecule has 0 unspecified atom stereocenters. The van der Waals surface area contributed by atoms with E-state index < -0.39 is 6.10 Å². The first-order valence-electron chi connectivity index (χ1n) is 12.6. The minimum absolute atomic E-state index is 0.167. The normalized spacial score (nSPS) is 47.0. The zero-order valence-corrected chi connectivity index (χ0v) is 19.6. The summed E-state index contributed by atoms with van der Waals surface area (Å²) in [5.74, 6) is 3.12. The predicted octanol–water partition coefficient (Wildman–Crippen LogP) is 5.11. The van der Waals surface area contributed by atoms with Crippen molar-refractivity contribution in [2.45, 2.75) is 91.3 Å². The number of aliphatic hydroxyl groups excluding tert-OH is 3. The molecule has 3 nitrogen and oxygen atoms in total. The highest BCUT2D eigenvalue weighted by Gasteiger charge is 2.62. The molecule has 0 aliphatic heterocycles. The number of allylic oxidation sites excluding steroid dienone is 2. The Morgan fingerprint density at radius 1 is 1.07 bits per heavy atom. The molecule has 0 saturated heterocycles. The van der Waals surface area contributed by atoms with E-state index in [2.05, 4.69) is 39.8 Å². The maximum absolute atomic E-state index is 11.3. The van der Waals surface area contributed by atoms with Crippen LogP contribution >= 0.6 is 0 Å². The second kappa shape index (κ2) is 8.37. The second-order valence-corrected chi connectivity index (χ2v) is 11.8. The van der Waals surface area contributed by atoms with Crippen molar-refractivity contribution in [2.24, 2.45) is 46.3 Å². The predicted molar refractivity (Wildman–Crippen MR) is 122 cm³/mol. The van der Waals surface area contributed by atoms with Crippen LogP contribution < -0.4 is 0 Å². The van der Waals surface area contributed by atoms with E-state index in [9.17, 15) is 15.3 Å². The van der Waals surface area contributed by atoms with Crippen LogP contribution in [0.1, 0.15) is 79.1 Å². The van der Waals surface area contributed by atoms with Crippen LogP contribution in [0.15, 0.2) is 23.8 Å². The highest BCUT2D eigenvalue weighted by molar-refractivity contribution is 5.29. The third-order valence-electron chi connectivity index (χ3n) is 9.86. The molecule has 0 aromatic heterocycles. The number of rotatable bonds is 5. The van der Waals surface area contributed by atoms with Crippen LogP contribution in [0.25, 0.3) is 0 Å². The van der Waals surface area contributed by atoms with E-state index >= 15 is 0 Å². The summed E-state index contributed by atoms with van der Waals surface area (Å²) < 4.78 is 0. The fourth-order valence-electron chi connectivity index (χ4n) is 8.34. The Morgan fingerprint density at radius 3 is 2.53 bits per heavy atom. The fraction of sp³-hybridized carbons (Fsp3) is 0.852. The van der Waals surface area contributed by atoms with E-state index in [0.717, 1.165) is 31.3 Å². The molecule has 3 fully saturated rings. The average molecular weight is 417 g/mol. The van der Waals surface area contributed by atoms with Crippen LogP contribution in [0, 0.1) is 46.3 Å². The lowest BCUT2D eigenvalue weighted by Crippen LogP contribution is -2.56. The van der Waals surface area contributed by atoms with Gasteiger partial charge in [-0.3, -0.25) is 0 Å². The number of aliphatic hydroxyl groups is 3. The van der Waals surface area contributed by atoms with Gasteiger partial charge in [0.2, 0.25) is 0 Å². The molecule has 0 spiro atoms. The molecular formula is C27H44O3. The molecule has 4 aliphatic rings. The maximum Gasteiger partial charge on any atom is 0.0757 e. The van der Waals surface area contributed by atoms with Gasteiger partial charge in [-0.2, -0.15) is 0 Å². The van der Waals surface area contributed by atoms with Crippen LogP contribution in [0.3, 0.4) is 0 Å². The van der Waals surface area contributed by atoms with E-state index in [1.807, 2.05) is 6.08 Å². The summed E-state index contributed by atoms with van der Waals surface area (Å²) in [5, 5.41) is 32.1. The SMILES string of the molecule is CC(C)C/C=C\[C@@H](C)[C@H]1CC[C@H]2[C@@H]3[C@@H](O)C=C4C[C@@H](O)CC[C@]4(CO)[C@H]3CC[C@]12C. The largest absolute Gasteiger partial charge is 0.395 e. The quantitative estimate of drug-likeness (QED) is 0.546. The van der Waals surface area contributed by atoms with Gasteiger partial charge in [0.15, 0.2) is 0 Å². The van der Waals surface area contributed by atoms with Gasteiger partial charge >= 0.3 is 0 Å². The van der Waals surface area contributed by atoms with E-state index in [-0.39, 0.29) is 29.5 Å². The smallest absolute Gasteiger partial charge is 0.0757 e. The van der Waals surface area contributed by atoms with Crippen molar-refractivity contribution < 1.29 is 15.3 Å². The van der Waals surface area contributed by atoms with Crippen molar-refractivity contribution in [3.63, 3.8) is 0 Å². The molecule has 3 N–H and O–H groups in total. The first kappa shape index (κ1) is 22.6. The molecular weight excluding hydrogens is 372 g/mol. The van der Waals surface area contributed by atoms with Gasteiger partial charge in [-0.15, -0.1) is 0 Å². The monoisotopic (exact) mass is 416 g/mol. The van der Waals surface area contributed by atoms with Gasteiger partial charge in [0, 0.05) is 5.41 Å². The lowest BCUT2D eigenvalue weighted by Gasteiger charge is -2.59. The van der Waals surface area contributed by atoms with Crippen LogP contribution in [0.4, 0.5) is 0 Å². The topological polar surface area (TPSA) is 60.7 Å². The van der Waals surface area contributed by atoms with Gasteiger partial charge in [0.25, 0.3) is 0 Å². The zero-order chi connectivity index (χ0) is 21.7. The third kappa shape index (κ3) is 3.53.